The second kappa shape index (κ2) is 7.96. The van der Waals surface area contributed by atoms with Gasteiger partial charge in [-0.1, -0.05) is 12.1 Å². The van der Waals surface area contributed by atoms with Gasteiger partial charge in [-0.2, -0.15) is 5.10 Å². The lowest BCUT2D eigenvalue weighted by molar-refractivity contribution is 0.0789. The van der Waals surface area contributed by atoms with E-state index >= 15 is 0 Å². The van der Waals surface area contributed by atoms with Crippen molar-refractivity contribution in [3.05, 3.63) is 68.7 Å². The van der Waals surface area contributed by atoms with Crippen LogP contribution in [0.2, 0.25) is 0 Å². The molecule has 0 aliphatic rings. The molecule has 27 heavy (non-hydrogen) atoms. The van der Waals surface area contributed by atoms with Crippen LogP contribution in [0.3, 0.4) is 0 Å². The van der Waals surface area contributed by atoms with Crippen molar-refractivity contribution in [3.8, 4) is 5.75 Å². The Morgan fingerprint density at radius 1 is 1.26 bits per heavy atom. The van der Waals surface area contributed by atoms with Crippen molar-refractivity contribution in [2.75, 3.05) is 7.05 Å². The molecule has 0 fully saturated rings. The first-order valence-electron chi connectivity index (χ1n) is 8.85. The van der Waals surface area contributed by atoms with Crippen molar-refractivity contribution in [2.24, 2.45) is 7.05 Å². The van der Waals surface area contributed by atoms with Crippen molar-refractivity contribution in [1.82, 2.24) is 14.7 Å². The summed E-state index contributed by atoms with van der Waals surface area (Å²) < 4.78 is 7.76. The maximum atomic E-state index is 12.7. The van der Waals surface area contributed by atoms with Gasteiger partial charge in [-0.3, -0.25) is 9.48 Å². The van der Waals surface area contributed by atoms with E-state index in [1.54, 1.807) is 4.90 Å². The molecule has 0 aliphatic carbocycles. The van der Waals surface area contributed by atoms with E-state index < -0.39 is 0 Å². The fraction of sp³-hybridized carbons (Fsp3) is 0.333. The number of ether oxygens (including phenoxy) is 1. The van der Waals surface area contributed by atoms with Crippen LogP contribution in [0.4, 0.5) is 0 Å². The monoisotopic (exact) mass is 383 g/mol. The van der Waals surface area contributed by atoms with Crippen LogP contribution < -0.4 is 4.74 Å². The van der Waals surface area contributed by atoms with Crippen LogP contribution >= 0.6 is 11.3 Å². The minimum absolute atomic E-state index is 0.0150. The molecule has 3 rings (SSSR count). The molecule has 2 heterocycles. The van der Waals surface area contributed by atoms with Gasteiger partial charge in [-0.25, -0.2) is 0 Å². The molecule has 0 N–H and O–H groups in total. The van der Waals surface area contributed by atoms with Crippen LogP contribution in [-0.4, -0.2) is 27.6 Å². The van der Waals surface area contributed by atoms with Crippen LogP contribution in [0.1, 0.15) is 37.6 Å². The van der Waals surface area contributed by atoms with Gasteiger partial charge < -0.3 is 9.64 Å². The van der Waals surface area contributed by atoms with Gasteiger partial charge in [0.25, 0.3) is 5.91 Å². The molecule has 0 saturated heterocycles. The summed E-state index contributed by atoms with van der Waals surface area (Å²) in [6.45, 7) is 7.10. The number of amides is 1. The average Bonchev–Trinajstić information content (AvgIpc) is 3.24. The third kappa shape index (κ3) is 4.39. The SMILES string of the molecule is Cc1ccc(C)c(OCc2csc(C(=O)N(C)Cc3cnn(C)c3C)c2)c1. The van der Waals surface area contributed by atoms with E-state index in [0.29, 0.717) is 13.2 Å². The normalized spacial score (nSPS) is 10.9. The van der Waals surface area contributed by atoms with Crippen LogP contribution in [0.15, 0.2) is 35.8 Å². The minimum atomic E-state index is 0.0150. The molecule has 0 spiro atoms. The lowest BCUT2D eigenvalue weighted by Crippen LogP contribution is -2.25. The highest BCUT2D eigenvalue weighted by Gasteiger charge is 2.16. The van der Waals surface area contributed by atoms with E-state index in [1.165, 1.54) is 16.9 Å². The number of hydrogen-bond donors (Lipinski definition) is 0. The highest BCUT2D eigenvalue weighted by atomic mass is 32.1. The zero-order chi connectivity index (χ0) is 19.6. The van der Waals surface area contributed by atoms with Gasteiger partial charge in [0.15, 0.2) is 0 Å². The summed E-state index contributed by atoms with van der Waals surface area (Å²) in [6.07, 6.45) is 1.82. The zero-order valence-corrected chi connectivity index (χ0v) is 17.3. The summed E-state index contributed by atoms with van der Waals surface area (Å²) in [5.74, 6) is 0.902. The Kier molecular flexibility index (Phi) is 5.65. The Morgan fingerprint density at radius 2 is 2.04 bits per heavy atom. The zero-order valence-electron chi connectivity index (χ0n) is 16.4. The fourth-order valence-electron chi connectivity index (χ4n) is 2.80. The molecule has 1 aromatic carbocycles. The van der Waals surface area contributed by atoms with E-state index in [2.05, 4.69) is 17.2 Å². The first-order valence-corrected chi connectivity index (χ1v) is 9.73. The summed E-state index contributed by atoms with van der Waals surface area (Å²) in [4.78, 5) is 15.2. The van der Waals surface area contributed by atoms with Gasteiger partial charge in [0, 0.05) is 37.5 Å². The number of rotatable bonds is 6. The van der Waals surface area contributed by atoms with Crippen LogP contribution in [-0.2, 0) is 20.2 Å². The van der Waals surface area contributed by atoms with E-state index in [-0.39, 0.29) is 5.91 Å². The number of carbonyl (C=O) groups excluding carboxylic acids is 1. The van der Waals surface area contributed by atoms with Crippen molar-refractivity contribution in [2.45, 2.75) is 33.9 Å². The number of nitrogens with zero attached hydrogens (tertiary/aromatic N) is 3. The molecule has 6 heteroatoms. The van der Waals surface area contributed by atoms with Crippen molar-refractivity contribution in [3.63, 3.8) is 0 Å². The molecule has 0 atom stereocenters. The van der Waals surface area contributed by atoms with E-state index in [0.717, 1.165) is 33.0 Å². The number of carbonyl (C=O) groups is 1. The molecule has 0 aliphatic heterocycles. The van der Waals surface area contributed by atoms with Gasteiger partial charge in [0.1, 0.15) is 12.4 Å². The quantitative estimate of drug-likeness (QED) is 0.639. The number of thiophene rings is 1. The Bertz CT molecular complexity index is 958. The Labute approximate surface area is 164 Å². The number of hydrogen-bond acceptors (Lipinski definition) is 4. The molecule has 0 bridgehead atoms. The van der Waals surface area contributed by atoms with E-state index in [9.17, 15) is 4.79 Å². The number of aromatic nitrogens is 2. The summed E-state index contributed by atoms with van der Waals surface area (Å²) in [7, 11) is 3.73. The Balaban J connectivity index is 1.63. The summed E-state index contributed by atoms with van der Waals surface area (Å²) in [6, 6.07) is 8.09. The fourth-order valence-corrected chi connectivity index (χ4v) is 3.69. The largest absolute Gasteiger partial charge is 0.489 e. The molecule has 0 unspecified atom stereocenters. The summed E-state index contributed by atoms with van der Waals surface area (Å²) >= 11 is 1.46. The second-order valence-electron chi connectivity index (χ2n) is 6.92. The molecule has 5 nitrogen and oxygen atoms in total. The smallest absolute Gasteiger partial charge is 0.263 e. The highest BCUT2D eigenvalue weighted by molar-refractivity contribution is 7.12. The van der Waals surface area contributed by atoms with Crippen LogP contribution in [0.25, 0.3) is 0 Å². The Morgan fingerprint density at radius 3 is 2.74 bits per heavy atom. The van der Waals surface area contributed by atoms with E-state index in [1.807, 2.05) is 63.3 Å². The van der Waals surface area contributed by atoms with Gasteiger partial charge in [0.05, 0.1) is 11.1 Å². The van der Waals surface area contributed by atoms with Gasteiger partial charge in [0.2, 0.25) is 0 Å². The summed E-state index contributed by atoms with van der Waals surface area (Å²) in [5.41, 5.74) is 5.42. The van der Waals surface area contributed by atoms with Crippen molar-refractivity contribution < 1.29 is 9.53 Å². The third-order valence-electron chi connectivity index (χ3n) is 4.69. The number of aryl methyl sites for hydroxylation is 3. The van der Waals surface area contributed by atoms with Gasteiger partial charge >= 0.3 is 0 Å². The maximum Gasteiger partial charge on any atom is 0.263 e. The van der Waals surface area contributed by atoms with Crippen molar-refractivity contribution >= 4 is 17.2 Å². The lowest BCUT2D eigenvalue weighted by atomic mass is 10.1. The molecule has 0 radical (unpaired) electrons. The molecule has 0 saturated carbocycles. The molecular weight excluding hydrogens is 358 g/mol. The summed E-state index contributed by atoms with van der Waals surface area (Å²) in [5, 5.41) is 6.22. The third-order valence-corrected chi connectivity index (χ3v) is 5.66. The molecule has 3 aromatic rings. The topological polar surface area (TPSA) is 47.4 Å². The Hall–Kier alpha value is -2.60. The van der Waals surface area contributed by atoms with Gasteiger partial charge in [-0.15, -0.1) is 11.3 Å². The second-order valence-corrected chi connectivity index (χ2v) is 7.83. The first-order chi connectivity index (χ1) is 12.8. The maximum absolute atomic E-state index is 12.7. The predicted octanol–water partition coefficient (Wildman–Crippen LogP) is 4.26. The molecule has 2 aromatic heterocycles. The minimum Gasteiger partial charge on any atom is -0.489 e. The first kappa shape index (κ1) is 19.2. The average molecular weight is 384 g/mol. The highest BCUT2D eigenvalue weighted by Crippen LogP contribution is 2.23. The van der Waals surface area contributed by atoms with Crippen LogP contribution in [0.5, 0.6) is 5.75 Å². The van der Waals surface area contributed by atoms with Crippen LogP contribution in [0, 0.1) is 20.8 Å². The standard InChI is InChI=1S/C21H25N3O2S/c1-14-6-7-15(2)19(8-14)26-12-17-9-20(27-13-17)21(25)23(4)11-18-10-22-24(5)16(18)3/h6-10,13H,11-12H2,1-5H3. The van der Waals surface area contributed by atoms with E-state index in [4.69, 9.17) is 4.74 Å². The van der Waals surface area contributed by atoms with Gasteiger partial charge in [-0.05, 0) is 49.4 Å². The van der Waals surface area contributed by atoms with Crippen molar-refractivity contribution in [1.29, 1.82) is 0 Å². The number of benzene rings is 1. The lowest BCUT2D eigenvalue weighted by Gasteiger charge is -2.16. The molecule has 142 valence electrons. The molecular formula is C21H25N3O2S. The molecule has 1 amide bonds. The predicted molar refractivity (Wildman–Crippen MR) is 108 cm³/mol.